The molecule has 1 atom stereocenters. The van der Waals surface area contributed by atoms with E-state index in [4.69, 9.17) is 5.11 Å². The number of hydrogen-bond donors (Lipinski definition) is 2. The summed E-state index contributed by atoms with van der Waals surface area (Å²) in [5, 5.41) is 12.3. The molecule has 0 heterocycles. The fourth-order valence-electron chi connectivity index (χ4n) is 1.91. The number of rotatable bonds is 9. The Balaban J connectivity index is 3.75. The highest BCUT2D eigenvalue weighted by Gasteiger charge is 2.22. The van der Waals surface area contributed by atoms with Crippen LogP contribution in [0.15, 0.2) is 0 Å². The Morgan fingerprint density at radius 3 is 2.12 bits per heavy atom. The van der Waals surface area contributed by atoms with E-state index >= 15 is 0 Å². The highest BCUT2D eigenvalue weighted by molar-refractivity contribution is 5.73. The van der Waals surface area contributed by atoms with E-state index in [1.807, 2.05) is 20.8 Å². The molecule has 0 aliphatic carbocycles. The summed E-state index contributed by atoms with van der Waals surface area (Å²) in [4.78, 5) is 11.1. The second-order valence-electron chi connectivity index (χ2n) is 5.84. The van der Waals surface area contributed by atoms with Gasteiger partial charge in [0.25, 0.3) is 0 Å². The first-order chi connectivity index (χ1) is 7.87. The van der Waals surface area contributed by atoms with E-state index in [0.29, 0.717) is 0 Å². The summed E-state index contributed by atoms with van der Waals surface area (Å²) in [5.41, 5.74) is -0.134. The number of unbranched alkanes of at least 4 members (excludes halogenated alkanes) is 5. The molecule has 0 bridgehead atoms. The highest BCUT2D eigenvalue weighted by Crippen LogP contribution is 2.11. The number of nitrogens with one attached hydrogen (secondary N) is 1. The first kappa shape index (κ1) is 16.4. The maximum absolute atomic E-state index is 11.1. The van der Waals surface area contributed by atoms with Gasteiger partial charge < -0.3 is 5.11 Å². The molecular weight excluding hydrogens is 214 g/mol. The minimum Gasteiger partial charge on any atom is -0.480 e. The minimum absolute atomic E-state index is 0.134. The van der Waals surface area contributed by atoms with E-state index in [1.165, 1.54) is 25.7 Å². The second-order valence-corrected chi connectivity index (χ2v) is 5.84. The third-order valence-corrected chi connectivity index (χ3v) is 2.75. The number of hydrogen-bond acceptors (Lipinski definition) is 2. The van der Waals surface area contributed by atoms with Gasteiger partial charge in [-0.2, -0.15) is 0 Å². The van der Waals surface area contributed by atoms with Crippen LogP contribution in [0.5, 0.6) is 0 Å². The van der Waals surface area contributed by atoms with Crippen LogP contribution in [0.4, 0.5) is 0 Å². The van der Waals surface area contributed by atoms with Crippen molar-refractivity contribution in [3.63, 3.8) is 0 Å². The molecular formula is C14H29NO2. The zero-order chi connectivity index (χ0) is 13.3. The van der Waals surface area contributed by atoms with Crippen molar-refractivity contribution in [1.29, 1.82) is 0 Å². The average molecular weight is 243 g/mol. The maximum Gasteiger partial charge on any atom is 0.320 e. The topological polar surface area (TPSA) is 49.3 Å². The van der Waals surface area contributed by atoms with Gasteiger partial charge in [-0.1, -0.05) is 45.4 Å². The molecule has 1 unspecified atom stereocenters. The fraction of sp³-hybridized carbons (Fsp3) is 0.929. The van der Waals surface area contributed by atoms with Crippen LogP contribution >= 0.6 is 0 Å². The molecule has 0 rings (SSSR count). The predicted octanol–water partition coefficient (Wildman–Crippen LogP) is 3.58. The van der Waals surface area contributed by atoms with Gasteiger partial charge in [-0.3, -0.25) is 10.1 Å². The Morgan fingerprint density at radius 1 is 1.12 bits per heavy atom. The molecule has 0 saturated heterocycles. The summed E-state index contributed by atoms with van der Waals surface area (Å²) in [6.07, 6.45) is 7.95. The highest BCUT2D eigenvalue weighted by atomic mass is 16.4. The van der Waals surface area contributed by atoms with Gasteiger partial charge in [0, 0.05) is 5.54 Å². The van der Waals surface area contributed by atoms with Crippen LogP contribution in [0.25, 0.3) is 0 Å². The molecule has 0 amide bonds. The monoisotopic (exact) mass is 243 g/mol. The first-order valence-electron chi connectivity index (χ1n) is 6.87. The lowest BCUT2D eigenvalue weighted by Crippen LogP contribution is -2.47. The SMILES string of the molecule is CCCCCCCCC(NC(C)(C)C)C(=O)O. The van der Waals surface area contributed by atoms with Crippen LogP contribution in [0.3, 0.4) is 0 Å². The van der Waals surface area contributed by atoms with Gasteiger partial charge >= 0.3 is 5.97 Å². The number of carboxylic acids is 1. The summed E-state index contributed by atoms with van der Waals surface area (Å²) in [5.74, 6) is -0.728. The van der Waals surface area contributed by atoms with Gasteiger partial charge in [0.15, 0.2) is 0 Å². The van der Waals surface area contributed by atoms with E-state index in [9.17, 15) is 4.79 Å². The molecule has 102 valence electrons. The Morgan fingerprint density at radius 2 is 1.65 bits per heavy atom. The summed E-state index contributed by atoms with van der Waals surface area (Å²) < 4.78 is 0. The van der Waals surface area contributed by atoms with Crippen LogP contribution in [0.2, 0.25) is 0 Å². The smallest absolute Gasteiger partial charge is 0.320 e. The van der Waals surface area contributed by atoms with E-state index < -0.39 is 12.0 Å². The van der Waals surface area contributed by atoms with E-state index in [0.717, 1.165) is 19.3 Å². The molecule has 0 saturated carbocycles. The quantitative estimate of drug-likeness (QED) is 0.609. The van der Waals surface area contributed by atoms with Gasteiger partial charge in [0.2, 0.25) is 0 Å². The third kappa shape index (κ3) is 10.3. The van der Waals surface area contributed by atoms with Crippen molar-refractivity contribution in [2.45, 2.75) is 84.2 Å². The molecule has 2 N–H and O–H groups in total. The molecule has 0 aromatic carbocycles. The van der Waals surface area contributed by atoms with E-state index in [1.54, 1.807) is 0 Å². The predicted molar refractivity (Wildman–Crippen MR) is 72.3 cm³/mol. The lowest BCUT2D eigenvalue weighted by molar-refractivity contribution is -0.140. The van der Waals surface area contributed by atoms with Crippen molar-refractivity contribution in [2.75, 3.05) is 0 Å². The first-order valence-corrected chi connectivity index (χ1v) is 6.87. The molecule has 0 aromatic rings. The van der Waals surface area contributed by atoms with Crippen molar-refractivity contribution in [2.24, 2.45) is 0 Å². The van der Waals surface area contributed by atoms with Gasteiger partial charge in [0.05, 0.1) is 0 Å². The summed E-state index contributed by atoms with van der Waals surface area (Å²) >= 11 is 0. The molecule has 3 nitrogen and oxygen atoms in total. The largest absolute Gasteiger partial charge is 0.480 e. The molecule has 17 heavy (non-hydrogen) atoms. The minimum atomic E-state index is -0.728. The molecule has 0 spiro atoms. The van der Waals surface area contributed by atoms with Gasteiger partial charge in [0.1, 0.15) is 6.04 Å². The van der Waals surface area contributed by atoms with Crippen LogP contribution in [0.1, 0.15) is 72.6 Å². The normalized spacial score (nSPS) is 13.6. The Bertz CT molecular complexity index is 209. The zero-order valence-electron chi connectivity index (χ0n) is 11.9. The van der Waals surface area contributed by atoms with Crippen molar-refractivity contribution in [1.82, 2.24) is 5.32 Å². The Hall–Kier alpha value is -0.570. The van der Waals surface area contributed by atoms with Gasteiger partial charge in [-0.15, -0.1) is 0 Å². The molecule has 0 radical (unpaired) electrons. The van der Waals surface area contributed by atoms with Crippen molar-refractivity contribution in [3.05, 3.63) is 0 Å². The third-order valence-electron chi connectivity index (χ3n) is 2.75. The van der Waals surface area contributed by atoms with Crippen LogP contribution < -0.4 is 5.32 Å². The molecule has 0 aromatic heterocycles. The van der Waals surface area contributed by atoms with Gasteiger partial charge in [-0.05, 0) is 27.2 Å². The summed E-state index contributed by atoms with van der Waals surface area (Å²) in [7, 11) is 0. The maximum atomic E-state index is 11.1. The Labute approximate surface area is 106 Å². The van der Waals surface area contributed by atoms with E-state index in [2.05, 4.69) is 12.2 Å². The molecule has 0 aliphatic heterocycles. The average Bonchev–Trinajstić information content (AvgIpc) is 2.19. The fourth-order valence-corrected chi connectivity index (χ4v) is 1.91. The van der Waals surface area contributed by atoms with E-state index in [-0.39, 0.29) is 5.54 Å². The van der Waals surface area contributed by atoms with Crippen molar-refractivity contribution in [3.8, 4) is 0 Å². The summed E-state index contributed by atoms with van der Waals surface area (Å²) in [6.45, 7) is 8.21. The number of carbonyl (C=O) groups is 1. The molecule has 0 aliphatic rings. The summed E-state index contributed by atoms with van der Waals surface area (Å²) in [6, 6.07) is -0.402. The Kier molecular flexibility index (Phi) is 8.23. The van der Waals surface area contributed by atoms with Crippen LogP contribution in [-0.2, 0) is 4.79 Å². The standard InChI is InChI=1S/C14H29NO2/c1-5-6-7-8-9-10-11-12(13(16)17)15-14(2,3)4/h12,15H,5-11H2,1-4H3,(H,16,17). The molecule has 3 heteroatoms. The lowest BCUT2D eigenvalue weighted by Gasteiger charge is -2.26. The van der Waals surface area contributed by atoms with Crippen LogP contribution in [-0.4, -0.2) is 22.7 Å². The number of carboxylic acid groups (broad SMARTS) is 1. The second kappa shape index (κ2) is 8.51. The van der Waals surface area contributed by atoms with Gasteiger partial charge in [-0.25, -0.2) is 0 Å². The zero-order valence-corrected chi connectivity index (χ0v) is 11.9. The van der Waals surface area contributed by atoms with Crippen LogP contribution in [0, 0.1) is 0 Å². The lowest BCUT2D eigenvalue weighted by atomic mass is 10.0. The van der Waals surface area contributed by atoms with Crippen molar-refractivity contribution >= 4 is 5.97 Å². The number of aliphatic carboxylic acids is 1. The van der Waals surface area contributed by atoms with Crippen molar-refractivity contribution < 1.29 is 9.90 Å². The molecule has 0 fully saturated rings.